The largest absolute Gasteiger partial charge is 0.496 e. The summed E-state index contributed by atoms with van der Waals surface area (Å²) < 4.78 is 11.0. The number of para-hydroxylation sites is 1. The number of hydrogen-bond acceptors (Lipinski definition) is 4. The molecule has 1 atom stereocenters. The first-order valence-corrected chi connectivity index (χ1v) is 6.19. The fourth-order valence-electron chi connectivity index (χ4n) is 1.97. The van der Waals surface area contributed by atoms with E-state index in [1.54, 1.807) is 49.4 Å². The SMILES string of the molecule is COc1cccc(Oc2ccccc2C#N)c1C(C)O. The van der Waals surface area contributed by atoms with Crippen LogP contribution in [-0.2, 0) is 0 Å². The van der Waals surface area contributed by atoms with Gasteiger partial charge in [0, 0.05) is 0 Å². The molecule has 4 nitrogen and oxygen atoms in total. The van der Waals surface area contributed by atoms with Crippen LogP contribution in [0.25, 0.3) is 0 Å². The second-order valence-electron chi connectivity index (χ2n) is 4.26. The van der Waals surface area contributed by atoms with Gasteiger partial charge in [-0.1, -0.05) is 18.2 Å². The standard InChI is InChI=1S/C16H15NO3/c1-11(18)16-14(19-2)8-5-9-15(16)20-13-7-4-3-6-12(13)10-17/h3-9,11,18H,1-2H3. The van der Waals surface area contributed by atoms with E-state index < -0.39 is 6.10 Å². The summed E-state index contributed by atoms with van der Waals surface area (Å²) in [5.41, 5.74) is 0.995. The lowest BCUT2D eigenvalue weighted by Gasteiger charge is -2.16. The van der Waals surface area contributed by atoms with E-state index in [1.807, 2.05) is 0 Å². The van der Waals surface area contributed by atoms with E-state index in [4.69, 9.17) is 14.7 Å². The van der Waals surface area contributed by atoms with Crippen LogP contribution in [0.15, 0.2) is 42.5 Å². The van der Waals surface area contributed by atoms with Crippen LogP contribution in [0.2, 0.25) is 0 Å². The molecule has 1 unspecified atom stereocenters. The summed E-state index contributed by atoms with van der Waals surface area (Å²) >= 11 is 0. The molecule has 2 rings (SSSR count). The number of ether oxygens (including phenoxy) is 2. The molecular weight excluding hydrogens is 254 g/mol. The quantitative estimate of drug-likeness (QED) is 0.923. The Balaban J connectivity index is 2.46. The molecule has 4 heteroatoms. The fourth-order valence-corrected chi connectivity index (χ4v) is 1.97. The average Bonchev–Trinajstić information content (AvgIpc) is 2.47. The van der Waals surface area contributed by atoms with Crippen molar-refractivity contribution in [2.24, 2.45) is 0 Å². The third-order valence-electron chi connectivity index (χ3n) is 2.89. The van der Waals surface area contributed by atoms with Gasteiger partial charge < -0.3 is 14.6 Å². The third-order valence-corrected chi connectivity index (χ3v) is 2.89. The highest BCUT2D eigenvalue weighted by atomic mass is 16.5. The highest BCUT2D eigenvalue weighted by Crippen LogP contribution is 2.37. The zero-order valence-electron chi connectivity index (χ0n) is 11.3. The maximum absolute atomic E-state index is 9.90. The highest BCUT2D eigenvalue weighted by Gasteiger charge is 2.16. The molecule has 0 fully saturated rings. The lowest BCUT2D eigenvalue weighted by atomic mass is 10.1. The van der Waals surface area contributed by atoms with Crippen LogP contribution in [0.1, 0.15) is 24.2 Å². The maximum Gasteiger partial charge on any atom is 0.145 e. The first kappa shape index (κ1) is 13.9. The van der Waals surface area contributed by atoms with E-state index in [2.05, 4.69) is 6.07 Å². The molecule has 102 valence electrons. The van der Waals surface area contributed by atoms with Gasteiger partial charge in [0.25, 0.3) is 0 Å². The summed E-state index contributed by atoms with van der Waals surface area (Å²) in [6, 6.07) is 14.3. The first-order chi connectivity index (χ1) is 9.67. The van der Waals surface area contributed by atoms with Gasteiger partial charge in [-0.15, -0.1) is 0 Å². The Morgan fingerprint density at radius 1 is 1.05 bits per heavy atom. The van der Waals surface area contributed by atoms with Gasteiger partial charge in [0.2, 0.25) is 0 Å². The van der Waals surface area contributed by atoms with Gasteiger partial charge in [0.15, 0.2) is 0 Å². The number of rotatable bonds is 4. The molecule has 0 aromatic heterocycles. The topological polar surface area (TPSA) is 62.5 Å². The Bertz CT molecular complexity index is 644. The van der Waals surface area contributed by atoms with Gasteiger partial charge >= 0.3 is 0 Å². The Morgan fingerprint density at radius 2 is 1.70 bits per heavy atom. The molecule has 0 amide bonds. The van der Waals surface area contributed by atoms with Gasteiger partial charge in [-0.25, -0.2) is 0 Å². The van der Waals surface area contributed by atoms with Crippen LogP contribution in [0.3, 0.4) is 0 Å². The summed E-state index contributed by atoms with van der Waals surface area (Å²) in [5, 5.41) is 19.0. The molecule has 0 aliphatic carbocycles. The van der Waals surface area contributed by atoms with Crippen molar-refractivity contribution in [2.45, 2.75) is 13.0 Å². The number of nitriles is 1. The second kappa shape index (κ2) is 6.09. The predicted octanol–water partition coefficient (Wildman–Crippen LogP) is 3.41. The van der Waals surface area contributed by atoms with Crippen LogP contribution < -0.4 is 9.47 Å². The van der Waals surface area contributed by atoms with Crippen molar-refractivity contribution in [1.29, 1.82) is 5.26 Å². The summed E-state index contributed by atoms with van der Waals surface area (Å²) in [6.07, 6.45) is -0.740. The maximum atomic E-state index is 9.90. The lowest BCUT2D eigenvalue weighted by molar-refractivity contribution is 0.190. The molecule has 0 saturated heterocycles. The van der Waals surface area contributed by atoms with Crippen LogP contribution in [0, 0.1) is 11.3 Å². The van der Waals surface area contributed by atoms with Crippen molar-refractivity contribution in [3.63, 3.8) is 0 Å². The van der Waals surface area contributed by atoms with E-state index in [-0.39, 0.29) is 0 Å². The van der Waals surface area contributed by atoms with E-state index in [0.717, 1.165) is 0 Å². The van der Waals surface area contributed by atoms with E-state index in [1.165, 1.54) is 7.11 Å². The normalized spacial score (nSPS) is 11.5. The van der Waals surface area contributed by atoms with Crippen molar-refractivity contribution in [1.82, 2.24) is 0 Å². The molecule has 0 saturated carbocycles. The van der Waals surface area contributed by atoms with Crippen LogP contribution in [0.4, 0.5) is 0 Å². The van der Waals surface area contributed by atoms with Crippen molar-refractivity contribution in [2.75, 3.05) is 7.11 Å². The molecule has 2 aromatic carbocycles. The second-order valence-corrected chi connectivity index (χ2v) is 4.26. The third kappa shape index (κ3) is 2.73. The number of aliphatic hydroxyl groups excluding tert-OH is 1. The Morgan fingerprint density at radius 3 is 2.35 bits per heavy atom. The van der Waals surface area contributed by atoms with Crippen molar-refractivity contribution < 1.29 is 14.6 Å². The predicted molar refractivity (Wildman–Crippen MR) is 74.9 cm³/mol. The van der Waals surface area contributed by atoms with Gasteiger partial charge in [0.1, 0.15) is 23.3 Å². The van der Waals surface area contributed by atoms with Crippen molar-refractivity contribution in [3.8, 4) is 23.3 Å². The zero-order chi connectivity index (χ0) is 14.5. The molecule has 0 aliphatic heterocycles. The lowest BCUT2D eigenvalue weighted by Crippen LogP contribution is -2.00. The monoisotopic (exact) mass is 269 g/mol. The van der Waals surface area contributed by atoms with Crippen LogP contribution >= 0.6 is 0 Å². The van der Waals surface area contributed by atoms with Crippen molar-refractivity contribution in [3.05, 3.63) is 53.6 Å². The van der Waals surface area contributed by atoms with Gasteiger partial charge in [-0.3, -0.25) is 0 Å². The van der Waals surface area contributed by atoms with Gasteiger partial charge in [-0.05, 0) is 31.2 Å². The summed E-state index contributed by atoms with van der Waals surface area (Å²) in [5.74, 6) is 1.47. The highest BCUT2D eigenvalue weighted by molar-refractivity contribution is 5.50. The number of nitrogens with zero attached hydrogens (tertiary/aromatic N) is 1. The summed E-state index contributed by atoms with van der Waals surface area (Å²) in [4.78, 5) is 0. The number of hydrogen-bond donors (Lipinski definition) is 1. The molecule has 20 heavy (non-hydrogen) atoms. The molecule has 0 heterocycles. The Kier molecular flexibility index (Phi) is 4.24. The fraction of sp³-hybridized carbons (Fsp3) is 0.188. The molecule has 0 bridgehead atoms. The van der Waals surface area contributed by atoms with Gasteiger partial charge in [-0.2, -0.15) is 5.26 Å². The Hall–Kier alpha value is -2.51. The van der Waals surface area contributed by atoms with Crippen LogP contribution in [0.5, 0.6) is 17.2 Å². The van der Waals surface area contributed by atoms with E-state index in [9.17, 15) is 5.11 Å². The van der Waals surface area contributed by atoms with E-state index >= 15 is 0 Å². The molecule has 1 N–H and O–H groups in total. The zero-order valence-corrected chi connectivity index (χ0v) is 11.3. The summed E-state index contributed by atoms with van der Waals surface area (Å²) in [7, 11) is 1.54. The summed E-state index contributed by atoms with van der Waals surface area (Å²) in [6.45, 7) is 1.64. The minimum Gasteiger partial charge on any atom is -0.496 e. The van der Waals surface area contributed by atoms with Crippen LogP contribution in [-0.4, -0.2) is 12.2 Å². The molecular formula is C16H15NO3. The van der Waals surface area contributed by atoms with Crippen molar-refractivity contribution >= 4 is 0 Å². The molecule has 0 aliphatic rings. The molecule has 0 spiro atoms. The Labute approximate surface area is 117 Å². The minimum atomic E-state index is -0.740. The average molecular weight is 269 g/mol. The molecule has 2 aromatic rings. The van der Waals surface area contributed by atoms with E-state index in [0.29, 0.717) is 28.4 Å². The smallest absolute Gasteiger partial charge is 0.145 e. The van der Waals surface area contributed by atoms with Gasteiger partial charge in [0.05, 0.1) is 24.3 Å². The first-order valence-electron chi connectivity index (χ1n) is 6.19. The minimum absolute atomic E-state index is 0.437. The number of methoxy groups -OCH3 is 1. The number of aliphatic hydroxyl groups is 1. The number of benzene rings is 2. The molecule has 0 radical (unpaired) electrons.